The molecule has 0 bridgehead atoms. The van der Waals surface area contributed by atoms with E-state index in [-0.39, 0.29) is 9.64 Å². The molecule has 0 aliphatic heterocycles. The van der Waals surface area contributed by atoms with Crippen molar-refractivity contribution < 1.29 is 8.42 Å². The van der Waals surface area contributed by atoms with Gasteiger partial charge in [-0.3, -0.25) is 0 Å². The third-order valence-electron chi connectivity index (χ3n) is 2.53. The maximum absolute atomic E-state index is 12.0. The molecule has 4 nitrogen and oxygen atoms in total. The monoisotopic (exact) mass is 284 g/mol. The Morgan fingerprint density at radius 2 is 1.89 bits per heavy atom. The van der Waals surface area contributed by atoms with Crippen LogP contribution in [-0.2, 0) is 10.0 Å². The molecule has 18 heavy (non-hydrogen) atoms. The van der Waals surface area contributed by atoms with E-state index >= 15 is 0 Å². The van der Waals surface area contributed by atoms with Crippen molar-refractivity contribution in [2.24, 2.45) is 0 Å². The van der Waals surface area contributed by atoms with Crippen LogP contribution < -0.4 is 4.72 Å². The van der Waals surface area contributed by atoms with Gasteiger partial charge >= 0.3 is 0 Å². The highest BCUT2D eigenvalue weighted by Gasteiger charge is 2.21. The normalized spacial score (nSPS) is 12.1. The molecule has 0 fully saturated rings. The smallest absolute Gasteiger partial charge is 0.210 e. The van der Waals surface area contributed by atoms with Crippen molar-refractivity contribution in [3.8, 4) is 6.07 Å². The van der Waals surface area contributed by atoms with Gasteiger partial charge in [0.15, 0.2) is 0 Å². The van der Waals surface area contributed by atoms with Crippen LogP contribution in [0, 0.1) is 11.3 Å². The standard InChI is InChI=1S/C12H16N2O2S2/c1-12(2,17-3)9-14-18(15,16)11-6-4-10(8-13)5-7-11/h4-7,14H,9H2,1-3H3. The summed E-state index contributed by atoms with van der Waals surface area (Å²) in [6, 6.07) is 7.82. The van der Waals surface area contributed by atoms with E-state index < -0.39 is 10.0 Å². The first-order valence-corrected chi connectivity index (χ1v) is 8.06. The SMILES string of the molecule is CSC(C)(C)CNS(=O)(=O)c1ccc(C#N)cc1. The minimum atomic E-state index is -3.50. The highest BCUT2D eigenvalue weighted by atomic mass is 32.2. The molecule has 1 aromatic carbocycles. The van der Waals surface area contributed by atoms with Gasteiger partial charge in [-0.1, -0.05) is 0 Å². The molecule has 0 amide bonds. The van der Waals surface area contributed by atoms with Gasteiger partial charge in [0, 0.05) is 11.3 Å². The van der Waals surface area contributed by atoms with E-state index in [2.05, 4.69) is 4.72 Å². The number of hydrogen-bond acceptors (Lipinski definition) is 4. The molecule has 0 heterocycles. The first kappa shape index (κ1) is 15.0. The lowest BCUT2D eigenvalue weighted by atomic mass is 10.2. The lowest BCUT2D eigenvalue weighted by Crippen LogP contribution is -2.36. The summed E-state index contributed by atoms with van der Waals surface area (Å²) in [5.41, 5.74) is 0.443. The Kier molecular flexibility index (Phi) is 4.79. The van der Waals surface area contributed by atoms with Gasteiger partial charge in [0.25, 0.3) is 0 Å². The van der Waals surface area contributed by atoms with Crippen molar-refractivity contribution in [1.29, 1.82) is 5.26 Å². The number of rotatable bonds is 5. The molecular formula is C12H16N2O2S2. The molecule has 1 N–H and O–H groups in total. The second-order valence-electron chi connectivity index (χ2n) is 4.42. The first-order chi connectivity index (χ1) is 8.30. The average Bonchev–Trinajstić information content (AvgIpc) is 2.37. The van der Waals surface area contributed by atoms with Crippen molar-refractivity contribution in [3.63, 3.8) is 0 Å². The molecule has 0 spiro atoms. The summed E-state index contributed by atoms with van der Waals surface area (Å²) < 4.78 is 26.4. The van der Waals surface area contributed by atoms with Gasteiger partial charge < -0.3 is 0 Å². The van der Waals surface area contributed by atoms with E-state index in [9.17, 15) is 8.42 Å². The topological polar surface area (TPSA) is 70.0 Å². The number of hydrogen-bond donors (Lipinski definition) is 1. The molecule has 0 aliphatic carbocycles. The highest BCUT2D eigenvalue weighted by Crippen LogP contribution is 2.20. The van der Waals surface area contributed by atoms with Crippen molar-refractivity contribution in [2.45, 2.75) is 23.5 Å². The molecule has 0 radical (unpaired) electrons. The molecular weight excluding hydrogens is 268 g/mol. The fourth-order valence-electron chi connectivity index (χ4n) is 1.13. The molecule has 1 aromatic rings. The van der Waals surface area contributed by atoms with Gasteiger partial charge in [0.2, 0.25) is 10.0 Å². The van der Waals surface area contributed by atoms with Crippen molar-refractivity contribution in [1.82, 2.24) is 4.72 Å². The van der Waals surface area contributed by atoms with E-state index in [1.165, 1.54) is 24.3 Å². The minimum absolute atomic E-state index is 0.153. The highest BCUT2D eigenvalue weighted by molar-refractivity contribution is 8.00. The molecule has 0 saturated heterocycles. The summed E-state index contributed by atoms with van der Waals surface area (Å²) in [6.07, 6.45) is 1.94. The Morgan fingerprint density at radius 3 is 2.33 bits per heavy atom. The molecule has 6 heteroatoms. The predicted molar refractivity (Wildman–Crippen MR) is 73.9 cm³/mol. The van der Waals surface area contributed by atoms with Crippen LogP contribution >= 0.6 is 11.8 Å². The van der Waals surface area contributed by atoms with Gasteiger partial charge in [-0.25, -0.2) is 13.1 Å². The van der Waals surface area contributed by atoms with Crippen molar-refractivity contribution in [3.05, 3.63) is 29.8 Å². The minimum Gasteiger partial charge on any atom is -0.210 e. The van der Waals surface area contributed by atoms with Crippen LogP contribution in [0.2, 0.25) is 0 Å². The lowest BCUT2D eigenvalue weighted by Gasteiger charge is -2.22. The zero-order valence-electron chi connectivity index (χ0n) is 10.6. The Morgan fingerprint density at radius 1 is 1.33 bits per heavy atom. The molecule has 0 unspecified atom stereocenters. The van der Waals surface area contributed by atoms with E-state index in [1.807, 2.05) is 26.2 Å². The number of nitriles is 1. The van der Waals surface area contributed by atoms with E-state index in [0.717, 1.165) is 0 Å². The lowest BCUT2D eigenvalue weighted by molar-refractivity contribution is 0.571. The summed E-state index contributed by atoms with van der Waals surface area (Å²) in [4.78, 5) is 0.179. The zero-order chi connectivity index (χ0) is 13.8. The summed E-state index contributed by atoms with van der Waals surface area (Å²) in [6.45, 7) is 4.30. The second kappa shape index (κ2) is 5.74. The van der Waals surface area contributed by atoms with Crippen LogP contribution in [0.25, 0.3) is 0 Å². The molecule has 0 saturated carbocycles. The van der Waals surface area contributed by atoms with Gasteiger partial charge in [-0.15, -0.1) is 0 Å². The Balaban J connectivity index is 2.84. The molecule has 98 valence electrons. The Labute approximate surface area is 112 Å². The van der Waals surface area contributed by atoms with Crippen molar-refractivity contribution in [2.75, 3.05) is 12.8 Å². The number of sulfonamides is 1. The number of benzene rings is 1. The third-order valence-corrected chi connectivity index (χ3v) is 5.20. The first-order valence-electron chi connectivity index (χ1n) is 5.36. The van der Waals surface area contributed by atoms with Gasteiger partial charge in [0.05, 0.1) is 16.5 Å². The Hall–Kier alpha value is -1.03. The maximum atomic E-state index is 12.0. The zero-order valence-corrected chi connectivity index (χ0v) is 12.2. The number of nitrogens with one attached hydrogen (secondary N) is 1. The molecule has 0 aliphatic rings. The maximum Gasteiger partial charge on any atom is 0.240 e. The van der Waals surface area contributed by atoms with E-state index in [1.54, 1.807) is 11.8 Å². The van der Waals surface area contributed by atoms with Crippen LogP contribution in [-0.4, -0.2) is 26.0 Å². The second-order valence-corrected chi connectivity index (χ2v) is 7.70. The van der Waals surface area contributed by atoms with Gasteiger partial charge in [0.1, 0.15) is 0 Å². The summed E-state index contributed by atoms with van der Waals surface area (Å²) in [5.74, 6) is 0. The quantitative estimate of drug-likeness (QED) is 0.897. The van der Waals surface area contributed by atoms with Crippen LogP contribution in [0.15, 0.2) is 29.2 Å². The molecule has 0 aromatic heterocycles. The number of nitrogens with zero attached hydrogens (tertiary/aromatic N) is 1. The van der Waals surface area contributed by atoms with Crippen LogP contribution in [0.1, 0.15) is 19.4 Å². The molecule has 1 rings (SSSR count). The molecule has 0 atom stereocenters. The van der Waals surface area contributed by atoms with Crippen LogP contribution in [0.3, 0.4) is 0 Å². The Bertz CT molecular complexity index is 542. The average molecular weight is 284 g/mol. The summed E-state index contributed by atoms with van der Waals surface area (Å²) in [7, 11) is -3.50. The largest absolute Gasteiger partial charge is 0.240 e. The van der Waals surface area contributed by atoms with Gasteiger partial charge in [-0.05, 0) is 44.4 Å². The fourth-order valence-corrected chi connectivity index (χ4v) is 2.65. The van der Waals surface area contributed by atoms with Crippen LogP contribution in [0.5, 0.6) is 0 Å². The van der Waals surface area contributed by atoms with Crippen LogP contribution in [0.4, 0.5) is 0 Å². The third kappa shape index (κ3) is 4.02. The van der Waals surface area contributed by atoms with Crippen molar-refractivity contribution >= 4 is 21.8 Å². The van der Waals surface area contributed by atoms with E-state index in [0.29, 0.717) is 12.1 Å². The summed E-state index contributed by atoms with van der Waals surface area (Å²) in [5, 5.41) is 8.66. The predicted octanol–water partition coefficient (Wildman–Crippen LogP) is 1.98. The summed E-state index contributed by atoms with van der Waals surface area (Å²) >= 11 is 1.60. The fraction of sp³-hybridized carbons (Fsp3) is 0.417. The van der Waals surface area contributed by atoms with E-state index in [4.69, 9.17) is 5.26 Å². The number of thioether (sulfide) groups is 1. The van der Waals surface area contributed by atoms with Gasteiger partial charge in [-0.2, -0.15) is 17.0 Å².